The third-order valence-electron chi connectivity index (χ3n) is 6.34. The van der Waals surface area contributed by atoms with Gasteiger partial charge in [0.1, 0.15) is 5.56 Å². The van der Waals surface area contributed by atoms with Crippen LogP contribution in [-0.2, 0) is 10.0 Å². The van der Waals surface area contributed by atoms with E-state index in [0.717, 1.165) is 36.8 Å². The number of carbonyl (C=O) groups excluding carboxylic acids is 1. The fourth-order valence-electron chi connectivity index (χ4n) is 4.31. The summed E-state index contributed by atoms with van der Waals surface area (Å²) in [5.41, 5.74) is 2.43. The molecule has 4 rings (SSSR count). The van der Waals surface area contributed by atoms with Crippen molar-refractivity contribution in [2.24, 2.45) is 0 Å². The molecule has 1 aliphatic heterocycles. The molecular weight excluding hydrogens is 438 g/mol. The normalized spacial score (nSPS) is 14.8. The van der Waals surface area contributed by atoms with Crippen LogP contribution in [0.5, 0.6) is 0 Å². The van der Waals surface area contributed by atoms with E-state index in [2.05, 4.69) is 4.98 Å². The zero-order valence-corrected chi connectivity index (χ0v) is 20.0. The molecule has 3 aromatic rings. The number of nitrogens with zero attached hydrogens (tertiary/aromatic N) is 2. The summed E-state index contributed by atoms with van der Waals surface area (Å²) < 4.78 is 28.0. The van der Waals surface area contributed by atoms with Crippen molar-refractivity contribution in [1.82, 2.24) is 9.88 Å². The summed E-state index contributed by atoms with van der Waals surface area (Å²) in [7, 11) is -2.41. The van der Waals surface area contributed by atoms with E-state index in [0.29, 0.717) is 24.3 Å². The lowest BCUT2D eigenvalue weighted by atomic mass is 10.1. The number of aromatic amines is 1. The smallest absolute Gasteiger partial charge is 0.264 e. The molecule has 1 fully saturated rings. The molecule has 1 aromatic heterocycles. The predicted octanol–water partition coefficient (Wildman–Crippen LogP) is 3.99. The third-order valence-corrected chi connectivity index (χ3v) is 8.11. The van der Waals surface area contributed by atoms with Crippen LogP contribution in [0.15, 0.2) is 52.3 Å². The highest BCUT2D eigenvalue weighted by molar-refractivity contribution is 7.92. The number of fused-ring (bicyclic) bond motifs is 1. The van der Waals surface area contributed by atoms with Gasteiger partial charge in [-0.1, -0.05) is 25.0 Å². The maximum atomic E-state index is 13.4. The predicted molar refractivity (Wildman–Crippen MR) is 130 cm³/mol. The van der Waals surface area contributed by atoms with Crippen molar-refractivity contribution in [3.8, 4) is 0 Å². The average molecular weight is 468 g/mol. The van der Waals surface area contributed by atoms with E-state index in [-0.39, 0.29) is 21.8 Å². The number of nitrogens with one attached hydrogen (secondary N) is 1. The van der Waals surface area contributed by atoms with Gasteiger partial charge in [0, 0.05) is 37.2 Å². The molecule has 174 valence electrons. The Hall–Kier alpha value is -3.13. The number of benzene rings is 2. The number of H-pyrrole nitrogens is 1. The summed E-state index contributed by atoms with van der Waals surface area (Å²) in [6, 6.07) is 10.0. The van der Waals surface area contributed by atoms with Crippen molar-refractivity contribution in [2.75, 3.05) is 24.4 Å². The van der Waals surface area contributed by atoms with E-state index in [9.17, 15) is 18.0 Å². The Morgan fingerprint density at radius 3 is 2.39 bits per heavy atom. The van der Waals surface area contributed by atoms with Gasteiger partial charge in [-0.3, -0.25) is 13.9 Å². The molecule has 1 N–H and O–H groups in total. The highest BCUT2D eigenvalue weighted by atomic mass is 32.2. The molecule has 0 aliphatic carbocycles. The number of likely N-dealkylation sites (tertiary alicyclic amines) is 1. The molecule has 0 bridgehead atoms. The summed E-state index contributed by atoms with van der Waals surface area (Å²) in [6.07, 6.45) is 5.43. The van der Waals surface area contributed by atoms with Gasteiger partial charge in [-0.15, -0.1) is 0 Å². The maximum Gasteiger partial charge on any atom is 0.264 e. The molecule has 0 spiro atoms. The molecule has 0 radical (unpaired) electrons. The molecule has 1 aliphatic rings. The fraction of sp³-hybridized carbons (Fsp3) is 0.360. The van der Waals surface area contributed by atoms with Crippen LogP contribution < -0.4 is 9.73 Å². The third kappa shape index (κ3) is 4.39. The fourth-order valence-corrected chi connectivity index (χ4v) is 5.59. The van der Waals surface area contributed by atoms with Crippen LogP contribution in [0, 0.1) is 13.8 Å². The molecule has 0 unspecified atom stereocenters. The zero-order valence-electron chi connectivity index (χ0n) is 19.2. The lowest BCUT2D eigenvalue weighted by Crippen LogP contribution is -2.35. The van der Waals surface area contributed by atoms with Crippen molar-refractivity contribution in [3.63, 3.8) is 0 Å². The van der Waals surface area contributed by atoms with Crippen molar-refractivity contribution in [1.29, 1.82) is 0 Å². The maximum absolute atomic E-state index is 13.4. The Morgan fingerprint density at radius 1 is 1.00 bits per heavy atom. The van der Waals surface area contributed by atoms with Crippen molar-refractivity contribution in [3.05, 3.63) is 69.5 Å². The van der Waals surface area contributed by atoms with Gasteiger partial charge >= 0.3 is 0 Å². The second kappa shape index (κ2) is 9.02. The Morgan fingerprint density at radius 2 is 1.70 bits per heavy atom. The van der Waals surface area contributed by atoms with Crippen molar-refractivity contribution >= 4 is 32.5 Å². The van der Waals surface area contributed by atoms with Gasteiger partial charge < -0.3 is 9.88 Å². The lowest BCUT2D eigenvalue weighted by Gasteiger charge is -2.22. The molecule has 2 aromatic carbocycles. The summed E-state index contributed by atoms with van der Waals surface area (Å²) in [5.74, 6) is -0.305. The van der Waals surface area contributed by atoms with E-state index < -0.39 is 15.5 Å². The minimum absolute atomic E-state index is 0.00303. The molecule has 33 heavy (non-hydrogen) atoms. The minimum atomic E-state index is -3.91. The number of carbonyl (C=O) groups is 1. The van der Waals surface area contributed by atoms with E-state index in [1.54, 1.807) is 11.0 Å². The van der Waals surface area contributed by atoms with Crippen molar-refractivity contribution < 1.29 is 13.2 Å². The number of aryl methyl sites for hydroxylation is 2. The second-order valence-corrected chi connectivity index (χ2v) is 10.7. The van der Waals surface area contributed by atoms with Crippen LogP contribution in [0.4, 0.5) is 5.69 Å². The Kier molecular flexibility index (Phi) is 6.30. The highest BCUT2D eigenvalue weighted by Crippen LogP contribution is 2.27. The molecule has 8 heteroatoms. The van der Waals surface area contributed by atoms with Crippen LogP contribution >= 0.6 is 0 Å². The second-order valence-electron chi connectivity index (χ2n) is 8.71. The topological polar surface area (TPSA) is 90.6 Å². The average Bonchev–Trinajstić information content (AvgIpc) is 3.09. The number of amides is 1. The van der Waals surface area contributed by atoms with Gasteiger partial charge in [-0.2, -0.15) is 0 Å². The van der Waals surface area contributed by atoms with Gasteiger partial charge in [0.25, 0.3) is 15.9 Å². The molecule has 2 heterocycles. The summed E-state index contributed by atoms with van der Waals surface area (Å²) in [6.45, 7) is 5.02. The molecule has 7 nitrogen and oxygen atoms in total. The van der Waals surface area contributed by atoms with E-state index in [1.807, 2.05) is 32.0 Å². The Balaban J connectivity index is 1.75. The Labute approximate surface area is 194 Å². The minimum Gasteiger partial charge on any atom is -0.360 e. The highest BCUT2D eigenvalue weighted by Gasteiger charge is 2.25. The van der Waals surface area contributed by atoms with Gasteiger partial charge in [0.15, 0.2) is 0 Å². The van der Waals surface area contributed by atoms with E-state index in [4.69, 9.17) is 0 Å². The first kappa shape index (κ1) is 23.0. The van der Waals surface area contributed by atoms with Gasteiger partial charge in [-0.25, -0.2) is 8.42 Å². The van der Waals surface area contributed by atoms with Gasteiger partial charge in [0.2, 0.25) is 5.43 Å². The standard InChI is InChI=1S/C25H29N3O4S/c1-17-8-9-18(2)23(14-17)27(3)33(31,32)19-10-11-22-20(15-19)24(29)21(16-26-22)25(30)28-12-6-4-5-7-13-28/h8-11,14-16H,4-7,12-13H2,1-3H3,(H,26,29). The first-order chi connectivity index (χ1) is 15.7. The largest absolute Gasteiger partial charge is 0.360 e. The quantitative estimate of drug-likeness (QED) is 0.628. The molecular formula is C25H29N3O4S. The molecule has 0 saturated carbocycles. The number of hydrogen-bond acceptors (Lipinski definition) is 4. The molecule has 0 atom stereocenters. The van der Waals surface area contributed by atoms with Crippen LogP contribution in [0.3, 0.4) is 0 Å². The monoisotopic (exact) mass is 467 g/mol. The first-order valence-corrected chi connectivity index (χ1v) is 12.6. The SMILES string of the molecule is Cc1ccc(C)c(N(C)S(=O)(=O)c2ccc3[nH]cc(C(=O)N4CCCCCC4)c(=O)c3c2)c1. The Bertz CT molecular complexity index is 1370. The lowest BCUT2D eigenvalue weighted by molar-refractivity contribution is 0.0760. The summed E-state index contributed by atoms with van der Waals surface area (Å²) in [4.78, 5) is 31.0. The van der Waals surface area contributed by atoms with Gasteiger partial charge in [-0.05, 0) is 62.1 Å². The summed E-state index contributed by atoms with van der Waals surface area (Å²) in [5, 5.41) is 0.186. The van der Waals surface area contributed by atoms with E-state index >= 15 is 0 Å². The van der Waals surface area contributed by atoms with Crippen LogP contribution in [0.2, 0.25) is 0 Å². The van der Waals surface area contributed by atoms with Crippen LogP contribution in [0.1, 0.15) is 47.2 Å². The number of anilines is 1. The van der Waals surface area contributed by atoms with Gasteiger partial charge in [0.05, 0.1) is 10.6 Å². The molecule has 1 saturated heterocycles. The van der Waals surface area contributed by atoms with Crippen molar-refractivity contribution in [2.45, 2.75) is 44.4 Å². The number of sulfonamides is 1. The number of hydrogen-bond donors (Lipinski definition) is 1. The number of aromatic nitrogens is 1. The first-order valence-electron chi connectivity index (χ1n) is 11.2. The van der Waals surface area contributed by atoms with E-state index in [1.165, 1.54) is 29.7 Å². The van der Waals surface area contributed by atoms with Crippen LogP contribution in [0.25, 0.3) is 10.9 Å². The van der Waals surface area contributed by atoms with Crippen LogP contribution in [-0.4, -0.2) is 44.3 Å². The zero-order chi connectivity index (χ0) is 23.8. The molecule has 1 amide bonds. The number of rotatable bonds is 4. The summed E-state index contributed by atoms with van der Waals surface area (Å²) >= 11 is 0. The number of pyridine rings is 1.